The number of hydrogen-bond acceptors (Lipinski definition) is 8. The molecule has 2 aromatic heterocycles. The molecular formula is C24H33ClN4O5. The van der Waals surface area contributed by atoms with Crippen molar-refractivity contribution in [3.8, 4) is 17.0 Å². The first-order valence-corrected chi connectivity index (χ1v) is 11.3. The maximum Gasteiger partial charge on any atom is 0.412 e. The molecule has 0 fully saturated rings. The number of carbonyl (C=O) groups excluding carboxylic acids is 2. The Morgan fingerprint density at radius 2 is 1.85 bits per heavy atom. The molecule has 2 aromatic rings. The second-order valence-electron chi connectivity index (χ2n) is 9.59. The van der Waals surface area contributed by atoms with Crippen molar-refractivity contribution < 1.29 is 23.8 Å². The van der Waals surface area contributed by atoms with Crippen LogP contribution >= 0.6 is 11.6 Å². The second-order valence-corrected chi connectivity index (χ2v) is 9.95. The lowest BCUT2D eigenvalue weighted by Gasteiger charge is -2.36. The molecule has 2 atom stereocenters. The van der Waals surface area contributed by atoms with Gasteiger partial charge in [-0.1, -0.05) is 25.4 Å². The fraction of sp³-hybridized carbons (Fsp3) is 0.500. The van der Waals surface area contributed by atoms with Crippen LogP contribution < -0.4 is 15.8 Å². The van der Waals surface area contributed by atoms with E-state index in [1.165, 1.54) is 13.3 Å². The van der Waals surface area contributed by atoms with E-state index in [1.54, 1.807) is 52.0 Å². The highest BCUT2D eigenvalue weighted by molar-refractivity contribution is 6.31. The number of rotatable bonds is 8. The van der Waals surface area contributed by atoms with Crippen LogP contribution in [0.5, 0.6) is 5.75 Å². The SMILES string of the molecule is COC(=O)Nc1cc(-c2ccc(OC(N)C(C)(CC(C)C)C(=O)OC(C)(C)C)c(Cl)n2)ccn1. The van der Waals surface area contributed by atoms with Crippen LogP contribution in [0.4, 0.5) is 10.6 Å². The van der Waals surface area contributed by atoms with E-state index in [9.17, 15) is 9.59 Å². The molecule has 0 aliphatic heterocycles. The molecular weight excluding hydrogens is 460 g/mol. The molecule has 0 saturated heterocycles. The van der Waals surface area contributed by atoms with Crippen molar-refractivity contribution in [1.82, 2.24) is 9.97 Å². The van der Waals surface area contributed by atoms with Crippen LogP contribution in [0.2, 0.25) is 5.15 Å². The summed E-state index contributed by atoms with van der Waals surface area (Å²) in [4.78, 5) is 32.9. The largest absolute Gasteiger partial charge is 0.471 e. The number of amides is 1. The highest BCUT2D eigenvalue weighted by Gasteiger charge is 2.45. The lowest BCUT2D eigenvalue weighted by Crippen LogP contribution is -2.52. The summed E-state index contributed by atoms with van der Waals surface area (Å²) in [7, 11) is 1.26. The minimum atomic E-state index is -1.11. The van der Waals surface area contributed by atoms with Gasteiger partial charge < -0.3 is 14.2 Å². The van der Waals surface area contributed by atoms with Gasteiger partial charge in [0.25, 0.3) is 0 Å². The fourth-order valence-electron chi connectivity index (χ4n) is 3.31. The molecule has 9 nitrogen and oxygen atoms in total. The highest BCUT2D eigenvalue weighted by atomic mass is 35.5. The number of hydrogen-bond donors (Lipinski definition) is 2. The van der Waals surface area contributed by atoms with Crippen molar-refractivity contribution in [3.63, 3.8) is 0 Å². The Morgan fingerprint density at radius 3 is 2.41 bits per heavy atom. The van der Waals surface area contributed by atoms with Crippen molar-refractivity contribution in [2.75, 3.05) is 12.4 Å². The van der Waals surface area contributed by atoms with Crippen LogP contribution in [0, 0.1) is 11.3 Å². The summed E-state index contributed by atoms with van der Waals surface area (Å²) >= 11 is 6.40. The molecule has 34 heavy (non-hydrogen) atoms. The van der Waals surface area contributed by atoms with Gasteiger partial charge in [-0.05, 0) is 64.3 Å². The lowest BCUT2D eigenvalue weighted by molar-refractivity contribution is -0.174. The van der Waals surface area contributed by atoms with E-state index >= 15 is 0 Å². The van der Waals surface area contributed by atoms with Gasteiger partial charge in [-0.15, -0.1) is 0 Å². The first-order valence-electron chi connectivity index (χ1n) is 10.9. The third-order valence-corrected chi connectivity index (χ3v) is 5.14. The highest BCUT2D eigenvalue weighted by Crippen LogP contribution is 2.36. The first-order chi connectivity index (χ1) is 15.7. The standard InChI is InChI=1S/C24H33ClN4O5/c1-14(2)13-24(6,21(30)34-23(3,4)5)20(26)33-17-9-8-16(28-19(17)25)15-10-11-27-18(12-15)29-22(31)32-7/h8-12,14,20H,13,26H2,1-7H3,(H,27,29,31). The monoisotopic (exact) mass is 492 g/mol. The number of ether oxygens (including phenoxy) is 3. The zero-order valence-electron chi connectivity index (χ0n) is 20.6. The van der Waals surface area contributed by atoms with E-state index in [-0.39, 0.29) is 16.8 Å². The lowest BCUT2D eigenvalue weighted by atomic mass is 9.80. The number of pyridine rings is 2. The van der Waals surface area contributed by atoms with Crippen LogP contribution in [0.15, 0.2) is 30.5 Å². The van der Waals surface area contributed by atoms with Gasteiger partial charge in [-0.25, -0.2) is 14.8 Å². The topological polar surface area (TPSA) is 126 Å². The Hall–Kier alpha value is -2.91. The Morgan fingerprint density at radius 1 is 1.18 bits per heavy atom. The summed E-state index contributed by atoms with van der Waals surface area (Å²) in [5, 5.41) is 2.57. The molecule has 0 radical (unpaired) electrons. The average Bonchev–Trinajstić information content (AvgIpc) is 2.73. The molecule has 0 saturated carbocycles. The average molecular weight is 493 g/mol. The summed E-state index contributed by atoms with van der Waals surface area (Å²) in [6.45, 7) is 11.1. The summed E-state index contributed by atoms with van der Waals surface area (Å²) in [6, 6.07) is 6.67. The van der Waals surface area contributed by atoms with Crippen molar-refractivity contribution in [1.29, 1.82) is 0 Å². The van der Waals surface area contributed by atoms with Gasteiger partial charge in [0.05, 0.1) is 12.8 Å². The van der Waals surface area contributed by atoms with Gasteiger partial charge in [0.15, 0.2) is 17.1 Å². The maximum atomic E-state index is 13.0. The molecule has 2 unspecified atom stereocenters. The number of anilines is 1. The third kappa shape index (κ3) is 7.30. The maximum absolute atomic E-state index is 13.0. The molecule has 3 N–H and O–H groups in total. The minimum Gasteiger partial charge on any atom is -0.471 e. The number of nitrogens with one attached hydrogen (secondary N) is 1. The summed E-state index contributed by atoms with van der Waals surface area (Å²) in [5.74, 6) is 0.261. The van der Waals surface area contributed by atoms with Gasteiger partial charge in [0, 0.05) is 11.8 Å². The minimum absolute atomic E-state index is 0.0725. The Kier molecular flexibility index (Phi) is 8.85. The summed E-state index contributed by atoms with van der Waals surface area (Å²) < 4.78 is 16.1. The predicted octanol–water partition coefficient (Wildman–Crippen LogP) is 5.03. The summed E-state index contributed by atoms with van der Waals surface area (Å²) in [6.07, 6.45) is 0.322. The van der Waals surface area contributed by atoms with E-state index in [4.69, 9.17) is 26.8 Å². The van der Waals surface area contributed by atoms with Crippen LogP contribution in [-0.2, 0) is 14.3 Å². The van der Waals surface area contributed by atoms with Crippen LogP contribution in [-0.4, -0.2) is 41.0 Å². The number of carbonyl (C=O) groups is 2. The fourth-order valence-corrected chi connectivity index (χ4v) is 3.51. The van der Waals surface area contributed by atoms with Gasteiger partial charge >= 0.3 is 12.1 Å². The number of nitrogens with two attached hydrogens (primary N) is 1. The number of nitrogens with zero attached hydrogens (tertiary/aromatic N) is 2. The van der Waals surface area contributed by atoms with E-state index in [0.29, 0.717) is 23.5 Å². The molecule has 0 aromatic carbocycles. The molecule has 0 aliphatic rings. The van der Waals surface area contributed by atoms with Crippen LogP contribution in [0.25, 0.3) is 11.3 Å². The Bertz CT molecular complexity index is 1020. The van der Waals surface area contributed by atoms with Crippen LogP contribution in [0.1, 0.15) is 48.0 Å². The number of esters is 1. The second kappa shape index (κ2) is 11.0. The smallest absolute Gasteiger partial charge is 0.412 e. The molecule has 186 valence electrons. The number of halogens is 1. The van der Waals surface area contributed by atoms with Crippen molar-refractivity contribution in [2.45, 2.75) is 59.8 Å². The Labute approximate surface area is 205 Å². The molecule has 0 aliphatic carbocycles. The normalized spacial score (nSPS) is 14.2. The van der Waals surface area contributed by atoms with E-state index in [0.717, 1.165) is 0 Å². The van der Waals surface area contributed by atoms with Crippen LogP contribution in [0.3, 0.4) is 0 Å². The zero-order valence-corrected chi connectivity index (χ0v) is 21.4. The van der Waals surface area contributed by atoms with Crippen molar-refractivity contribution in [2.24, 2.45) is 17.1 Å². The van der Waals surface area contributed by atoms with E-state index in [1.807, 2.05) is 13.8 Å². The Balaban J connectivity index is 2.27. The van der Waals surface area contributed by atoms with Gasteiger partial charge in [0.1, 0.15) is 16.8 Å². The summed E-state index contributed by atoms with van der Waals surface area (Å²) in [5.41, 5.74) is 5.80. The number of aromatic nitrogens is 2. The van der Waals surface area contributed by atoms with Gasteiger partial charge in [-0.2, -0.15) is 0 Å². The molecule has 1 amide bonds. The molecule has 2 rings (SSSR count). The molecule has 0 spiro atoms. The molecule has 0 bridgehead atoms. The quantitative estimate of drug-likeness (QED) is 0.298. The first kappa shape index (κ1) is 27.3. The molecule has 2 heterocycles. The van der Waals surface area contributed by atoms with E-state index in [2.05, 4.69) is 20.0 Å². The predicted molar refractivity (Wildman–Crippen MR) is 131 cm³/mol. The zero-order chi connectivity index (χ0) is 25.7. The van der Waals surface area contributed by atoms with Gasteiger partial charge in [0.2, 0.25) is 0 Å². The molecule has 10 heteroatoms. The van der Waals surface area contributed by atoms with Crippen molar-refractivity contribution in [3.05, 3.63) is 35.6 Å². The van der Waals surface area contributed by atoms with Gasteiger partial charge in [-0.3, -0.25) is 15.8 Å². The van der Waals surface area contributed by atoms with E-state index < -0.39 is 29.3 Å². The number of methoxy groups -OCH3 is 1. The van der Waals surface area contributed by atoms with Crippen molar-refractivity contribution >= 4 is 29.5 Å². The third-order valence-electron chi connectivity index (χ3n) is 4.87.